The number of likely N-dealkylation sites (tertiary alicyclic amines) is 1. The second-order valence-electron chi connectivity index (χ2n) is 5.83. The van der Waals surface area contributed by atoms with Crippen LogP contribution in [0.1, 0.15) is 61.0 Å². The first-order chi connectivity index (χ1) is 9.56. The molecule has 0 spiro atoms. The molecule has 1 aliphatic rings. The van der Waals surface area contributed by atoms with Crippen molar-refractivity contribution in [3.8, 4) is 0 Å². The molecule has 2 heterocycles. The number of hydrogen-bond donors (Lipinski definition) is 1. The van der Waals surface area contributed by atoms with Crippen LogP contribution < -0.4 is 0 Å². The van der Waals surface area contributed by atoms with E-state index in [2.05, 4.69) is 18.7 Å². The van der Waals surface area contributed by atoms with Gasteiger partial charge in [0.25, 0.3) is 0 Å². The van der Waals surface area contributed by atoms with Gasteiger partial charge in [-0.1, -0.05) is 26.7 Å². The molecule has 1 fully saturated rings. The molecule has 20 heavy (non-hydrogen) atoms. The lowest BCUT2D eigenvalue weighted by molar-refractivity contribution is -0.136. The number of hydrogen-bond acceptors (Lipinski definition) is 4. The fourth-order valence-electron chi connectivity index (χ4n) is 2.68. The quantitative estimate of drug-likeness (QED) is 0.906. The van der Waals surface area contributed by atoms with Gasteiger partial charge in [0.05, 0.1) is 18.7 Å². The number of rotatable bonds is 5. The monoisotopic (exact) mass is 296 g/mol. The van der Waals surface area contributed by atoms with Gasteiger partial charge in [0, 0.05) is 4.88 Å². The van der Waals surface area contributed by atoms with Crippen molar-refractivity contribution in [2.45, 2.75) is 58.4 Å². The van der Waals surface area contributed by atoms with Crippen LogP contribution in [0.3, 0.4) is 0 Å². The Balaban J connectivity index is 2.09. The van der Waals surface area contributed by atoms with E-state index in [0.29, 0.717) is 5.92 Å². The minimum atomic E-state index is -0.767. The van der Waals surface area contributed by atoms with Gasteiger partial charge in [0.1, 0.15) is 5.01 Å². The van der Waals surface area contributed by atoms with Crippen molar-refractivity contribution in [1.82, 2.24) is 9.88 Å². The second-order valence-corrected chi connectivity index (χ2v) is 7.00. The van der Waals surface area contributed by atoms with Gasteiger partial charge in [0.2, 0.25) is 0 Å². The Morgan fingerprint density at radius 1 is 1.30 bits per heavy atom. The summed E-state index contributed by atoms with van der Waals surface area (Å²) in [6.45, 7) is 7.33. The molecular weight excluding hydrogens is 272 g/mol. The molecule has 112 valence electrons. The molecule has 0 aliphatic carbocycles. The predicted molar refractivity (Wildman–Crippen MR) is 81.3 cm³/mol. The van der Waals surface area contributed by atoms with Crippen LogP contribution in [-0.4, -0.2) is 34.0 Å². The Hall–Kier alpha value is -0.940. The highest BCUT2D eigenvalue weighted by atomic mass is 32.1. The molecule has 0 amide bonds. The summed E-state index contributed by atoms with van der Waals surface area (Å²) in [5.41, 5.74) is 0.974. The topological polar surface area (TPSA) is 53.4 Å². The second kappa shape index (κ2) is 7.18. The SMILES string of the molecule is CC(C)c1nc(CN2CCCCCC2)sc1CC(=O)O. The van der Waals surface area contributed by atoms with Gasteiger partial charge >= 0.3 is 5.97 Å². The van der Waals surface area contributed by atoms with Gasteiger partial charge in [-0.2, -0.15) is 0 Å². The van der Waals surface area contributed by atoms with Crippen molar-refractivity contribution in [3.63, 3.8) is 0 Å². The summed E-state index contributed by atoms with van der Waals surface area (Å²) in [5, 5.41) is 10.1. The van der Waals surface area contributed by atoms with Gasteiger partial charge in [-0.25, -0.2) is 4.98 Å². The number of aromatic nitrogens is 1. The maximum atomic E-state index is 11.0. The van der Waals surface area contributed by atoms with Crippen molar-refractivity contribution in [1.29, 1.82) is 0 Å². The first-order valence-corrected chi connectivity index (χ1v) is 8.30. The average Bonchev–Trinajstić information content (AvgIpc) is 2.58. The van der Waals surface area contributed by atoms with Gasteiger partial charge in [-0.3, -0.25) is 9.69 Å². The van der Waals surface area contributed by atoms with Gasteiger partial charge in [0.15, 0.2) is 0 Å². The first-order valence-electron chi connectivity index (χ1n) is 7.49. The van der Waals surface area contributed by atoms with E-state index in [1.54, 1.807) is 11.3 Å². The zero-order valence-electron chi connectivity index (χ0n) is 12.4. The van der Waals surface area contributed by atoms with E-state index in [1.165, 1.54) is 25.7 Å². The van der Waals surface area contributed by atoms with Crippen molar-refractivity contribution < 1.29 is 9.90 Å². The van der Waals surface area contributed by atoms with E-state index < -0.39 is 5.97 Å². The molecule has 4 nitrogen and oxygen atoms in total. The van der Waals surface area contributed by atoms with Gasteiger partial charge < -0.3 is 5.11 Å². The normalized spacial score (nSPS) is 17.4. The fraction of sp³-hybridized carbons (Fsp3) is 0.733. The average molecular weight is 296 g/mol. The third-order valence-corrected chi connectivity index (χ3v) is 4.74. The molecule has 0 atom stereocenters. The Kier molecular flexibility index (Phi) is 5.54. The number of aliphatic carboxylic acids is 1. The Morgan fingerprint density at radius 2 is 1.95 bits per heavy atom. The number of carbonyl (C=O) groups is 1. The van der Waals surface area contributed by atoms with Crippen molar-refractivity contribution in [2.75, 3.05) is 13.1 Å². The zero-order chi connectivity index (χ0) is 14.5. The van der Waals surface area contributed by atoms with Crippen LogP contribution >= 0.6 is 11.3 Å². The summed E-state index contributed by atoms with van der Waals surface area (Å²) in [4.78, 5) is 19.0. The lowest BCUT2D eigenvalue weighted by atomic mass is 10.1. The Bertz CT molecular complexity index is 449. The highest BCUT2D eigenvalue weighted by molar-refractivity contribution is 7.11. The van der Waals surface area contributed by atoms with Crippen LogP contribution in [-0.2, 0) is 17.8 Å². The van der Waals surface area contributed by atoms with Crippen LogP contribution in [0.5, 0.6) is 0 Å². The number of thiazole rings is 1. The molecule has 0 saturated carbocycles. The maximum Gasteiger partial charge on any atom is 0.308 e. The standard InChI is InChI=1S/C15H24N2O2S/c1-11(2)15-12(9-14(18)19)20-13(16-15)10-17-7-5-3-4-6-8-17/h11H,3-10H2,1-2H3,(H,18,19). The lowest BCUT2D eigenvalue weighted by Gasteiger charge is -2.17. The van der Waals surface area contributed by atoms with Crippen LogP contribution in [0.4, 0.5) is 0 Å². The minimum Gasteiger partial charge on any atom is -0.481 e. The van der Waals surface area contributed by atoms with Crippen LogP contribution in [0.25, 0.3) is 0 Å². The summed E-state index contributed by atoms with van der Waals surface area (Å²) >= 11 is 1.58. The first kappa shape index (κ1) is 15.4. The molecule has 1 saturated heterocycles. The molecule has 1 aliphatic heterocycles. The minimum absolute atomic E-state index is 0.102. The van der Waals surface area contributed by atoms with Crippen LogP contribution in [0.2, 0.25) is 0 Å². The van der Waals surface area contributed by atoms with Gasteiger partial charge in [-0.15, -0.1) is 11.3 Å². The smallest absolute Gasteiger partial charge is 0.308 e. The molecule has 0 unspecified atom stereocenters. The highest BCUT2D eigenvalue weighted by Crippen LogP contribution is 2.27. The van der Waals surface area contributed by atoms with E-state index in [-0.39, 0.29) is 6.42 Å². The van der Waals surface area contributed by atoms with E-state index in [0.717, 1.165) is 35.2 Å². The van der Waals surface area contributed by atoms with E-state index in [9.17, 15) is 4.79 Å². The zero-order valence-corrected chi connectivity index (χ0v) is 13.2. The largest absolute Gasteiger partial charge is 0.481 e. The van der Waals surface area contributed by atoms with E-state index in [4.69, 9.17) is 10.1 Å². The summed E-state index contributed by atoms with van der Waals surface area (Å²) in [6.07, 6.45) is 5.30. The third kappa shape index (κ3) is 4.28. The fourth-order valence-corrected chi connectivity index (χ4v) is 3.94. The summed E-state index contributed by atoms with van der Waals surface area (Å²) in [5.74, 6) is -0.477. The molecule has 0 aromatic carbocycles. The Morgan fingerprint density at radius 3 is 2.50 bits per heavy atom. The molecule has 1 N–H and O–H groups in total. The molecule has 1 aromatic heterocycles. The molecule has 0 bridgehead atoms. The number of carboxylic acids is 1. The molecule has 0 radical (unpaired) electrons. The molecule has 1 aromatic rings. The van der Waals surface area contributed by atoms with E-state index >= 15 is 0 Å². The van der Waals surface area contributed by atoms with Crippen molar-refractivity contribution in [3.05, 3.63) is 15.6 Å². The predicted octanol–water partition coefficient (Wildman–Crippen LogP) is 3.27. The Labute approximate surface area is 124 Å². The molecule has 5 heteroatoms. The van der Waals surface area contributed by atoms with Crippen LogP contribution in [0, 0.1) is 0 Å². The maximum absolute atomic E-state index is 11.0. The van der Waals surface area contributed by atoms with Crippen LogP contribution in [0.15, 0.2) is 0 Å². The summed E-state index contributed by atoms with van der Waals surface area (Å²) < 4.78 is 0. The molecular formula is C15H24N2O2S. The summed E-state index contributed by atoms with van der Waals surface area (Å²) in [7, 11) is 0. The van der Waals surface area contributed by atoms with Gasteiger partial charge in [-0.05, 0) is 31.8 Å². The van der Waals surface area contributed by atoms with Crippen molar-refractivity contribution >= 4 is 17.3 Å². The third-order valence-electron chi connectivity index (χ3n) is 3.69. The summed E-state index contributed by atoms with van der Waals surface area (Å²) in [6, 6.07) is 0. The number of nitrogens with zero attached hydrogens (tertiary/aromatic N) is 2. The molecule has 2 rings (SSSR count). The van der Waals surface area contributed by atoms with E-state index in [1.807, 2.05) is 0 Å². The highest BCUT2D eigenvalue weighted by Gasteiger charge is 2.18. The number of carboxylic acid groups (broad SMARTS) is 1. The van der Waals surface area contributed by atoms with Crippen molar-refractivity contribution in [2.24, 2.45) is 0 Å². The lowest BCUT2D eigenvalue weighted by Crippen LogP contribution is -2.23.